The first kappa shape index (κ1) is 9.77. The largest absolute Gasteiger partial charge is 0.348 e. The van der Waals surface area contributed by atoms with Crippen LogP contribution in [0.15, 0.2) is 5.10 Å². The van der Waals surface area contributed by atoms with E-state index in [1.807, 2.05) is 0 Å². The smallest absolute Gasteiger partial charge is 0.267 e. The van der Waals surface area contributed by atoms with Crippen LogP contribution in [0.2, 0.25) is 0 Å². The van der Waals surface area contributed by atoms with E-state index >= 15 is 0 Å². The molecule has 2 fully saturated rings. The molecule has 2 heterocycles. The third-order valence-corrected chi connectivity index (χ3v) is 3.56. The predicted molar refractivity (Wildman–Crippen MR) is 56.6 cm³/mol. The molecule has 0 aromatic carbocycles. The molecule has 2 amide bonds. The summed E-state index contributed by atoms with van der Waals surface area (Å²) in [5.74, 6) is 0.953. The second kappa shape index (κ2) is 3.55. The van der Waals surface area contributed by atoms with Gasteiger partial charge in [-0.2, -0.15) is 5.10 Å². The van der Waals surface area contributed by atoms with Gasteiger partial charge in [0.15, 0.2) is 0 Å². The number of amides is 2. The van der Waals surface area contributed by atoms with E-state index in [-0.39, 0.29) is 11.8 Å². The van der Waals surface area contributed by atoms with Gasteiger partial charge in [0.1, 0.15) is 5.71 Å². The average Bonchev–Trinajstić information content (AvgIpc) is 2.75. The third kappa shape index (κ3) is 1.59. The molecule has 0 bridgehead atoms. The highest BCUT2D eigenvalue weighted by atomic mass is 16.2. The molecule has 3 aliphatic rings. The Balaban J connectivity index is 1.56. The number of fused-ring (bicyclic) bond motifs is 1. The molecule has 0 spiro atoms. The Morgan fingerprint density at radius 2 is 2.06 bits per heavy atom. The van der Waals surface area contributed by atoms with Gasteiger partial charge in [-0.05, 0) is 11.8 Å². The topological polar surface area (TPSA) is 82.6 Å². The molecule has 3 rings (SSSR count). The normalized spacial score (nSPS) is 36.1. The highest BCUT2D eigenvalue weighted by Crippen LogP contribution is 2.41. The van der Waals surface area contributed by atoms with E-state index in [0.29, 0.717) is 36.4 Å². The quantitative estimate of drug-likeness (QED) is 0.536. The first-order valence-electron chi connectivity index (χ1n) is 5.62. The van der Waals surface area contributed by atoms with Crippen LogP contribution in [-0.4, -0.2) is 36.7 Å². The Labute approximate surface area is 92.8 Å². The fraction of sp³-hybridized carbons (Fsp3) is 0.700. The molecule has 6 nitrogen and oxygen atoms in total. The Bertz CT molecular complexity index is 369. The molecule has 0 radical (unpaired) electrons. The van der Waals surface area contributed by atoms with E-state index in [1.165, 1.54) is 0 Å². The van der Waals surface area contributed by atoms with Crippen molar-refractivity contribution >= 4 is 17.5 Å². The maximum absolute atomic E-state index is 11.8. The van der Waals surface area contributed by atoms with E-state index < -0.39 is 0 Å². The highest BCUT2D eigenvalue weighted by Gasteiger charge is 2.53. The third-order valence-electron chi connectivity index (χ3n) is 3.56. The number of nitrogens with one attached hydrogen (secondary N) is 3. The summed E-state index contributed by atoms with van der Waals surface area (Å²) in [6.45, 7) is 2.00. The summed E-state index contributed by atoms with van der Waals surface area (Å²) in [5.41, 5.74) is 2.78. The number of carbonyl (C=O) groups is 2. The first-order chi connectivity index (χ1) is 7.75. The van der Waals surface area contributed by atoms with Crippen molar-refractivity contribution in [3.05, 3.63) is 0 Å². The number of piperidine rings is 1. The molecule has 3 N–H and O–H groups in total. The van der Waals surface area contributed by atoms with E-state index in [4.69, 9.17) is 0 Å². The van der Waals surface area contributed by atoms with Crippen molar-refractivity contribution in [3.63, 3.8) is 0 Å². The summed E-state index contributed by atoms with van der Waals surface area (Å²) >= 11 is 0. The van der Waals surface area contributed by atoms with Gasteiger partial charge in [0.05, 0.1) is 0 Å². The number of hydrogen-bond donors (Lipinski definition) is 3. The maximum Gasteiger partial charge on any atom is 0.267 e. The van der Waals surface area contributed by atoms with Crippen LogP contribution in [0.5, 0.6) is 0 Å². The van der Waals surface area contributed by atoms with Crippen molar-refractivity contribution in [2.75, 3.05) is 13.1 Å². The van der Waals surface area contributed by atoms with Crippen molar-refractivity contribution < 1.29 is 9.59 Å². The number of hydrazone groups is 1. The minimum absolute atomic E-state index is 0.121. The molecule has 1 aliphatic carbocycles. The van der Waals surface area contributed by atoms with Crippen molar-refractivity contribution in [1.82, 2.24) is 16.1 Å². The van der Waals surface area contributed by atoms with Gasteiger partial charge in [-0.3, -0.25) is 9.59 Å². The molecule has 0 aromatic heterocycles. The lowest BCUT2D eigenvalue weighted by molar-refractivity contribution is -0.121. The molecule has 6 heteroatoms. The monoisotopic (exact) mass is 222 g/mol. The average molecular weight is 222 g/mol. The number of rotatable bonds is 2. The summed E-state index contributed by atoms with van der Waals surface area (Å²) in [6, 6.07) is 0.314. The zero-order valence-electron chi connectivity index (χ0n) is 8.82. The Kier molecular flexibility index (Phi) is 2.17. The van der Waals surface area contributed by atoms with Gasteiger partial charge < -0.3 is 10.6 Å². The second-order valence-electron chi connectivity index (χ2n) is 4.58. The maximum atomic E-state index is 11.8. The number of hydrogen-bond acceptors (Lipinski definition) is 4. The van der Waals surface area contributed by atoms with Crippen LogP contribution in [0.1, 0.15) is 12.8 Å². The van der Waals surface area contributed by atoms with Crippen LogP contribution in [0, 0.1) is 11.8 Å². The summed E-state index contributed by atoms with van der Waals surface area (Å²) in [5, 5.41) is 10.0. The molecule has 16 heavy (non-hydrogen) atoms. The van der Waals surface area contributed by atoms with Crippen LogP contribution in [0.25, 0.3) is 0 Å². The van der Waals surface area contributed by atoms with Gasteiger partial charge in [0.25, 0.3) is 5.91 Å². The predicted octanol–water partition coefficient (Wildman–Crippen LogP) is -1.41. The molecule has 1 saturated heterocycles. The Hall–Kier alpha value is -1.43. The van der Waals surface area contributed by atoms with Gasteiger partial charge in [-0.25, -0.2) is 5.43 Å². The molecule has 0 aromatic rings. The molecular weight excluding hydrogens is 208 g/mol. The highest BCUT2D eigenvalue weighted by molar-refractivity contribution is 6.39. The molecule has 1 saturated carbocycles. The van der Waals surface area contributed by atoms with Crippen molar-refractivity contribution in [1.29, 1.82) is 0 Å². The molecule has 86 valence electrons. The standard InChI is InChI=1S/C10H14N4O2/c15-8-2-1-7(13-14-8)10(16)12-9-5-3-11-4-6(5)9/h5-6,9,11H,1-4H2,(H,12,16)(H,14,15). The van der Waals surface area contributed by atoms with Gasteiger partial charge in [0, 0.05) is 32.0 Å². The number of carbonyl (C=O) groups excluding carboxylic acids is 2. The second-order valence-corrected chi connectivity index (χ2v) is 4.58. The first-order valence-corrected chi connectivity index (χ1v) is 5.62. The van der Waals surface area contributed by atoms with E-state index in [2.05, 4.69) is 21.2 Å². The molecule has 2 unspecified atom stereocenters. The fourth-order valence-electron chi connectivity index (χ4n) is 2.50. The Morgan fingerprint density at radius 1 is 1.31 bits per heavy atom. The van der Waals surface area contributed by atoms with Gasteiger partial charge in [-0.1, -0.05) is 0 Å². The summed E-state index contributed by atoms with van der Waals surface area (Å²) in [4.78, 5) is 22.6. The van der Waals surface area contributed by atoms with Crippen molar-refractivity contribution in [2.45, 2.75) is 18.9 Å². The minimum Gasteiger partial charge on any atom is -0.348 e. The lowest BCUT2D eigenvalue weighted by Gasteiger charge is -2.12. The van der Waals surface area contributed by atoms with Crippen molar-refractivity contribution in [3.8, 4) is 0 Å². The minimum atomic E-state index is -0.126. The SMILES string of the molecule is O=C1CCC(C(=O)NC2C3CNCC32)=NN1. The molecular formula is C10H14N4O2. The zero-order chi connectivity index (χ0) is 11.1. The van der Waals surface area contributed by atoms with Gasteiger partial charge in [-0.15, -0.1) is 0 Å². The van der Waals surface area contributed by atoms with Gasteiger partial charge >= 0.3 is 0 Å². The zero-order valence-corrected chi connectivity index (χ0v) is 8.82. The Morgan fingerprint density at radius 3 is 2.69 bits per heavy atom. The van der Waals surface area contributed by atoms with Crippen LogP contribution in [0.4, 0.5) is 0 Å². The van der Waals surface area contributed by atoms with Crippen LogP contribution < -0.4 is 16.1 Å². The van der Waals surface area contributed by atoms with Crippen LogP contribution in [-0.2, 0) is 9.59 Å². The lowest BCUT2D eigenvalue weighted by Crippen LogP contribution is -2.40. The van der Waals surface area contributed by atoms with E-state index in [0.717, 1.165) is 13.1 Å². The van der Waals surface area contributed by atoms with Crippen molar-refractivity contribution in [2.24, 2.45) is 16.9 Å². The summed E-state index contributed by atoms with van der Waals surface area (Å²) < 4.78 is 0. The van der Waals surface area contributed by atoms with Crippen LogP contribution >= 0.6 is 0 Å². The molecule has 2 aliphatic heterocycles. The number of nitrogens with zero attached hydrogens (tertiary/aromatic N) is 1. The van der Waals surface area contributed by atoms with E-state index in [9.17, 15) is 9.59 Å². The summed E-state index contributed by atoms with van der Waals surface area (Å²) in [7, 11) is 0. The van der Waals surface area contributed by atoms with E-state index in [1.54, 1.807) is 0 Å². The van der Waals surface area contributed by atoms with Crippen LogP contribution in [0.3, 0.4) is 0 Å². The van der Waals surface area contributed by atoms with Gasteiger partial charge in [0.2, 0.25) is 5.91 Å². The summed E-state index contributed by atoms with van der Waals surface area (Å²) in [6.07, 6.45) is 0.795. The fourth-order valence-corrected chi connectivity index (χ4v) is 2.50. The molecule has 2 atom stereocenters. The lowest BCUT2D eigenvalue weighted by atomic mass is 10.1.